The van der Waals surface area contributed by atoms with Crippen molar-refractivity contribution in [2.75, 3.05) is 26.2 Å². The molecule has 1 atom stereocenters. The second-order valence-corrected chi connectivity index (χ2v) is 6.53. The van der Waals surface area contributed by atoms with Crippen molar-refractivity contribution in [3.63, 3.8) is 0 Å². The molecule has 8 heteroatoms. The highest BCUT2D eigenvalue weighted by molar-refractivity contribution is 9.10. The first-order valence-electron chi connectivity index (χ1n) is 7.84. The normalized spacial score (nSPS) is 17.3. The third-order valence-electron chi connectivity index (χ3n) is 4.01. The summed E-state index contributed by atoms with van der Waals surface area (Å²) in [7, 11) is 0. The molecule has 4 nitrogen and oxygen atoms in total. The van der Waals surface area contributed by atoms with Crippen molar-refractivity contribution >= 4 is 15.9 Å². The lowest BCUT2D eigenvalue weighted by atomic mass is 9.97. The Bertz CT molecular complexity index is 686. The Hall–Kier alpha value is -1.64. The Morgan fingerprint density at radius 3 is 2.24 bits per heavy atom. The van der Waals surface area contributed by atoms with Gasteiger partial charge in [-0.2, -0.15) is 0 Å². The fourth-order valence-corrected chi connectivity index (χ4v) is 3.19. The molecule has 3 rings (SSSR count). The van der Waals surface area contributed by atoms with E-state index in [-0.39, 0.29) is 11.8 Å². The van der Waals surface area contributed by atoms with Gasteiger partial charge in [-0.25, -0.2) is 4.98 Å². The fraction of sp³-hybridized carbons (Fsp3) is 0.353. The number of nitrogens with zero attached hydrogens (tertiary/aromatic N) is 2. The van der Waals surface area contributed by atoms with Crippen LogP contribution >= 0.6 is 15.9 Å². The summed E-state index contributed by atoms with van der Waals surface area (Å²) in [6.45, 7) is 3.44. The molecule has 134 valence electrons. The molecule has 1 fully saturated rings. The van der Waals surface area contributed by atoms with Gasteiger partial charge in [0.25, 0.3) is 0 Å². The zero-order valence-electron chi connectivity index (χ0n) is 13.3. The van der Waals surface area contributed by atoms with Gasteiger partial charge < -0.3 is 10.1 Å². The van der Waals surface area contributed by atoms with E-state index >= 15 is 0 Å². The number of hydrogen-bond donors (Lipinski definition) is 1. The number of hydrogen-bond acceptors (Lipinski definition) is 4. The molecule has 0 aliphatic carbocycles. The molecule has 0 saturated carbocycles. The minimum absolute atomic E-state index is 0.0670. The van der Waals surface area contributed by atoms with Gasteiger partial charge in [-0.05, 0) is 45.3 Å². The summed E-state index contributed by atoms with van der Waals surface area (Å²) in [6.07, 6.45) is -2.90. The highest BCUT2D eigenvalue weighted by atomic mass is 79.9. The van der Waals surface area contributed by atoms with E-state index in [1.54, 1.807) is 18.3 Å². The SMILES string of the molecule is FC(F)(F)Oc1ccc([C@H](c2ccc(Br)nc2)N2CCNCC2)cc1. The number of pyridine rings is 1. The van der Waals surface area contributed by atoms with Crippen molar-refractivity contribution < 1.29 is 17.9 Å². The predicted molar refractivity (Wildman–Crippen MR) is 91.3 cm³/mol. The Kier molecular flexibility index (Phi) is 5.61. The van der Waals surface area contributed by atoms with Crippen LogP contribution < -0.4 is 10.1 Å². The van der Waals surface area contributed by atoms with Crippen molar-refractivity contribution in [2.45, 2.75) is 12.4 Å². The van der Waals surface area contributed by atoms with Crippen molar-refractivity contribution in [3.05, 3.63) is 58.3 Å². The lowest BCUT2D eigenvalue weighted by Gasteiger charge is -2.35. The van der Waals surface area contributed by atoms with Gasteiger partial charge in [0.2, 0.25) is 0 Å². The highest BCUT2D eigenvalue weighted by Gasteiger charge is 2.31. The van der Waals surface area contributed by atoms with Crippen LogP contribution in [-0.2, 0) is 0 Å². The fourth-order valence-electron chi connectivity index (χ4n) is 2.96. The Morgan fingerprint density at radius 1 is 1.04 bits per heavy atom. The number of nitrogens with one attached hydrogen (secondary N) is 1. The molecule has 2 aromatic rings. The maximum absolute atomic E-state index is 12.3. The maximum Gasteiger partial charge on any atom is 0.573 e. The lowest BCUT2D eigenvalue weighted by molar-refractivity contribution is -0.274. The second-order valence-electron chi connectivity index (χ2n) is 5.72. The topological polar surface area (TPSA) is 37.4 Å². The molecule has 0 amide bonds. The molecule has 0 radical (unpaired) electrons. The van der Waals surface area contributed by atoms with E-state index in [1.165, 1.54) is 12.1 Å². The third-order valence-corrected chi connectivity index (χ3v) is 4.48. The lowest BCUT2D eigenvalue weighted by Crippen LogP contribution is -2.45. The molecule has 1 aromatic heterocycles. The van der Waals surface area contributed by atoms with Crippen LogP contribution in [0.2, 0.25) is 0 Å². The molecular weight excluding hydrogens is 399 g/mol. The summed E-state index contributed by atoms with van der Waals surface area (Å²) < 4.78 is 41.7. The summed E-state index contributed by atoms with van der Waals surface area (Å²) in [5.74, 6) is -0.218. The van der Waals surface area contributed by atoms with Crippen LogP contribution in [0.5, 0.6) is 5.75 Å². The van der Waals surface area contributed by atoms with E-state index in [1.807, 2.05) is 12.1 Å². The minimum Gasteiger partial charge on any atom is -0.406 e. The van der Waals surface area contributed by atoms with Gasteiger partial charge in [0.1, 0.15) is 10.4 Å². The van der Waals surface area contributed by atoms with Gasteiger partial charge >= 0.3 is 6.36 Å². The first-order chi connectivity index (χ1) is 11.9. The largest absolute Gasteiger partial charge is 0.573 e. The first-order valence-corrected chi connectivity index (χ1v) is 8.63. The van der Waals surface area contributed by atoms with Crippen LogP contribution in [0.4, 0.5) is 13.2 Å². The molecule has 1 aromatic carbocycles. The zero-order chi connectivity index (χ0) is 17.9. The van der Waals surface area contributed by atoms with Gasteiger partial charge in [-0.1, -0.05) is 18.2 Å². The smallest absolute Gasteiger partial charge is 0.406 e. The minimum atomic E-state index is -4.69. The van der Waals surface area contributed by atoms with Gasteiger partial charge in [-0.3, -0.25) is 4.90 Å². The summed E-state index contributed by atoms with van der Waals surface area (Å²) in [4.78, 5) is 6.58. The Balaban J connectivity index is 1.89. The molecular formula is C17H17BrF3N3O. The molecule has 0 unspecified atom stereocenters. The number of benzene rings is 1. The van der Waals surface area contributed by atoms with E-state index in [2.05, 4.69) is 35.9 Å². The zero-order valence-corrected chi connectivity index (χ0v) is 14.8. The summed E-state index contributed by atoms with van der Waals surface area (Å²) in [6, 6.07) is 9.83. The molecule has 1 saturated heterocycles. The predicted octanol–water partition coefficient (Wildman–Crippen LogP) is 3.74. The van der Waals surface area contributed by atoms with Crippen molar-refractivity contribution in [2.24, 2.45) is 0 Å². The number of alkyl halides is 3. The molecule has 1 aliphatic rings. The van der Waals surface area contributed by atoms with Crippen molar-refractivity contribution in [3.8, 4) is 5.75 Å². The van der Waals surface area contributed by atoms with Crippen LogP contribution in [0.15, 0.2) is 47.2 Å². The monoisotopic (exact) mass is 415 g/mol. The van der Waals surface area contributed by atoms with E-state index in [0.29, 0.717) is 0 Å². The van der Waals surface area contributed by atoms with Crippen LogP contribution in [-0.4, -0.2) is 42.4 Å². The van der Waals surface area contributed by atoms with Gasteiger partial charge in [0, 0.05) is 32.4 Å². The first kappa shape index (κ1) is 18.2. The van der Waals surface area contributed by atoms with E-state index in [0.717, 1.165) is 41.9 Å². The molecule has 1 aliphatic heterocycles. The van der Waals surface area contributed by atoms with Crippen LogP contribution in [0.25, 0.3) is 0 Å². The number of aromatic nitrogens is 1. The van der Waals surface area contributed by atoms with Crippen molar-refractivity contribution in [1.29, 1.82) is 0 Å². The number of ether oxygens (including phenoxy) is 1. The Labute approximate surface area is 152 Å². The van der Waals surface area contributed by atoms with E-state index < -0.39 is 6.36 Å². The number of rotatable bonds is 4. The van der Waals surface area contributed by atoms with Crippen LogP contribution in [0, 0.1) is 0 Å². The molecule has 2 heterocycles. The van der Waals surface area contributed by atoms with E-state index in [9.17, 15) is 13.2 Å². The van der Waals surface area contributed by atoms with Crippen molar-refractivity contribution in [1.82, 2.24) is 15.2 Å². The summed E-state index contributed by atoms with van der Waals surface area (Å²) >= 11 is 3.33. The highest BCUT2D eigenvalue weighted by Crippen LogP contribution is 2.31. The van der Waals surface area contributed by atoms with Gasteiger partial charge in [0.05, 0.1) is 6.04 Å². The molecule has 1 N–H and O–H groups in total. The van der Waals surface area contributed by atoms with Gasteiger partial charge in [-0.15, -0.1) is 13.2 Å². The maximum atomic E-state index is 12.3. The number of halogens is 4. The second kappa shape index (κ2) is 7.72. The standard InChI is InChI=1S/C17H17BrF3N3O/c18-15-6-3-13(11-23-15)16(24-9-7-22-8-10-24)12-1-4-14(5-2-12)25-17(19,20)21/h1-6,11,16,22H,7-10H2/t16-/m1/s1. The van der Waals surface area contributed by atoms with Crippen LogP contribution in [0.1, 0.15) is 17.2 Å². The Morgan fingerprint density at radius 2 is 1.68 bits per heavy atom. The van der Waals surface area contributed by atoms with Gasteiger partial charge in [0.15, 0.2) is 0 Å². The molecule has 25 heavy (non-hydrogen) atoms. The quantitative estimate of drug-likeness (QED) is 0.771. The van der Waals surface area contributed by atoms with Crippen LogP contribution in [0.3, 0.4) is 0 Å². The number of piperazine rings is 1. The molecule has 0 bridgehead atoms. The summed E-state index contributed by atoms with van der Waals surface area (Å²) in [5.41, 5.74) is 1.90. The average molecular weight is 416 g/mol. The average Bonchev–Trinajstić information content (AvgIpc) is 2.58. The molecule has 0 spiro atoms. The van der Waals surface area contributed by atoms with E-state index in [4.69, 9.17) is 0 Å². The third kappa shape index (κ3) is 4.93. The summed E-state index contributed by atoms with van der Waals surface area (Å²) in [5, 5.41) is 3.31.